The molecule has 0 atom stereocenters. The van der Waals surface area contributed by atoms with Gasteiger partial charge in [-0.15, -0.1) is 0 Å². The van der Waals surface area contributed by atoms with Crippen molar-refractivity contribution in [3.05, 3.63) is 53.6 Å². The van der Waals surface area contributed by atoms with Gasteiger partial charge < -0.3 is 0 Å². The molecule has 2 rings (SSSR count). The fourth-order valence-corrected chi connectivity index (χ4v) is 1.92. The zero-order valence-corrected chi connectivity index (χ0v) is 10.6. The Labute approximate surface area is 116 Å². The smallest absolute Gasteiger partial charge is 0.188 e. The summed E-state index contributed by atoms with van der Waals surface area (Å²) >= 11 is 10.3. The van der Waals surface area contributed by atoms with Crippen molar-refractivity contribution in [1.82, 2.24) is 0 Å². The normalized spacial score (nSPS) is 10.6. The molecule has 0 aliphatic rings. The maximum Gasteiger partial charge on any atom is 0.188 e. The first-order valence-corrected chi connectivity index (χ1v) is 5.65. The van der Waals surface area contributed by atoms with Gasteiger partial charge in [0.25, 0.3) is 0 Å². The lowest BCUT2D eigenvalue weighted by molar-refractivity contribution is 0.463. The van der Waals surface area contributed by atoms with Crippen molar-refractivity contribution in [2.75, 3.05) is 3.94 Å². The first-order chi connectivity index (χ1) is 8.95. The van der Waals surface area contributed by atoms with Crippen LogP contribution >= 0.6 is 23.6 Å². The van der Waals surface area contributed by atoms with Crippen molar-refractivity contribution in [3.8, 4) is 11.1 Å². The van der Waals surface area contributed by atoms with Crippen LogP contribution in [0.5, 0.6) is 0 Å². The molecule has 0 aliphatic carbocycles. The zero-order valence-electron chi connectivity index (χ0n) is 9.10. The van der Waals surface area contributed by atoms with Crippen LogP contribution in [0.25, 0.3) is 11.1 Å². The van der Waals surface area contributed by atoms with Gasteiger partial charge in [-0.1, -0.05) is 30.3 Å². The summed E-state index contributed by atoms with van der Waals surface area (Å²) in [4.78, 5) is 0. The van der Waals surface area contributed by atoms with E-state index >= 15 is 0 Å². The topological polar surface area (TPSA) is 3.24 Å². The summed E-state index contributed by atoms with van der Waals surface area (Å²) in [5.41, 5.74) is -2.01. The van der Waals surface area contributed by atoms with Crippen molar-refractivity contribution in [2.24, 2.45) is 0 Å². The van der Waals surface area contributed by atoms with Crippen LogP contribution in [0.4, 0.5) is 23.2 Å². The van der Waals surface area contributed by atoms with E-state index in [1.54, 1.807) is 6.07 Å². The second-order valence-corrected chi connectivity index (χ2v) is 4.43. The third kappa shape index (κ3) is 2.35. The molecule has 0 aliphatic heterocycles. The van der Waals surface area contributed by atoms with Crippen molar-refractivity contribution in [3.63, 3.8) is 0 Å². The molecule has 0 saturated carbocycles. The molecule has 7 heteroatoms. The summed E-state index contributed by atoms with van der Waals surface area (Å²) in [5.74, 6) is -6.46. The van der Waals surface area contributed by atoms with Gasteiger partial charge in [-0.25, -0.2) is 17.6 Å². The lowest BCUT2D eigenvalue weighted by Crippen LogP contribution is -2.07. The highest BCUT2D eigenvalue weighted by atomic mass is 35.5. The largest absolute Gasteiger partial charge is 0.203 e. The van der Waals surface area contributed by atoms with Gasteiger partial charge in [-0.05, 0) is 5.56 Å². The van der Waals surface area contributed by atoms with Crippen molar-refractivity contribution in [2.45, 2.75) is 0 Å². The van der Waals surface area contributed by atoms with E-state index < -0.39 is 34.5 Å². The molecule has 0 radical (unpaired) electrons. The molecule has 0 fully saturated rings. The molecular formula is C12H5Cl2F4N. The first-order valence-electron chi connectivity index (χ1n) is 4.98. The van der Waals surface area contributed by atoms with Gasteiger partial charge in [0.2, 0.25) is 0 Å². The van der Waals surface area contributed by atoms with Gasteiger partial charge >= 0.3 is 0 Å². The molecule has 19 heavy (non-hydrogen) atoms. The molecule has 0 saturated heterocycles. The Morgan fingerprint density at radius 2 is 1.21 bits per heavy atom. The number of nitrogens with zero attached hydrogens (tertiary/aromatic N) is 1. The quantitative estimate of drug-likeness (QED) is 0.427. The molecule has 0 bridgehead atoms. The number of anilines is 1. The van der Waals surface area contributed by atoms with Crippen LogP contribution in [0, 0.1) is 23.3 Å². The van der Waals surface area contributed by atoms with E-state index in [1.165, 1.54) is 24.3 Å². The zero-order chi connectivity index (χ0) is 14.2. The minimum absolute atomic E-state index is 0.00227. The molecule has 1 nitrogen and oxygen atoms in total. The maximum atomic E-state index is 13.8. The molecule has 2 aromatic carbocycles. The second kappa shape index (κ2) is 5.27. The summed E-state index contributed by atoms with van der Waals surface area (Å²) in [6.45, 7) is 0. The van der Waals surface area contributed by atoms with Crippen molar-refractivity contribution in [1.29, 1.82) is 0 Å². The molecule has 0 unspecified atom stereocenters. The molecule has 0 heterocycles. The average molecular weight is 310 g/mol. The van der Waals surface area contributed by atoms with Crippen LogP contribution in [-0.4, -0.2) is 0 Å². The average Bonchev–Trinajstić information content (AvgIpc) is 2.38. The van der Waals surface area contributed by atoms with Gasteiger partial charge in [0.1, 0.15) is 5.69 Å². The van der Waals surface area contributed by atoms with Gasteiger partial charge in [0.05, 0.1) is 5.56 Å². The minimum atomic E-state index is -1.66. The Morgan fingerprint density at radius 1 is 0.737 bits per heavy atom. The molecule has 0 spiro atoms. The molecule has 0 N–H and O–H groups in total. The first kappa shape index (κ1) is 14.0. The molecule has 0 aromatic heterocycles. The van der Waals surface area contributed by atoms with Crippen LogP contribution in [-0.2, 0) is 0 Å². The molecule has 2 aromatic rings. The van der Waals surface area contributed by atoms with Crippen LogP contribution < -0.4 is 3.94 Å². The number of halogens is 6. The summed E-state index contributed by atoms with van der Waals surface area (Å²) in [6, 6.07) is 7.19. The van der Waals surface area contributed by atoms with Gasteiger partial charge in [-0.2, -0.15) is 3.94 Å². The highest BCUT2D eigenvalue weighted by molar-refractivity contribution is 6.49. The maximum absolute atomic E-state index is 13.8. The predicted octanol–water partition coefficient (Wildman–Crippen LogP) is 5.02. The number of hydrogen-bond donors (Lipinski definition) is 0. The molecular weight excluding hydrogens is 305 g/mol. The Bertz CT molecular complexity index is 588. The Balaban J connectivity index is 2.79. The van der Waals surface area contributed by atoms with E-state index in [1.807, 2.05) is 0 Å². The number of benzene rings is 2. The van der Waals surface area contributed by atoms with E-state index in [2.05, 4.69) is 0 Å². The van der Waals surface area contributed by atoms with Gasteiger partial charge in [0, 0.05) is 23.6 Å². The van der Waals surface area contributed by atoms with E-state index in [0.29, 0.717) is 0 Å². The Hall–Kier alpha value is -1.46. The summed E-state index contributed by atoms with van der Waals surface area (Å²) < 4.78 is 54.9. The third-order valence-electron chi connectivity index (χ3n) is 2.47. The molecule has 100 valence electrons. The minimum Gasteiger partial charge on any atom is -0.203 e. The van der Waals surface area contributed by atoms with Crippen molar-refractivity contribution < 1.29 is 17.6 Å². The summed E-state index contributed by atoms with van der Waals surface area (Å²) in [6.07, 6.45) is 0. The predicted molar refractivity (Wildman–Crippen MR) is 65.9 cm³/mol. The second-order valence-electron chi connectivity index (χ2n) is 3.58. The monoisotopic (exact) mass is 309 g/mol. The van der Waals surface area contributed by atoms with Crippen molar-refractivity contribution >= 4 is 29.2 Å². The highest BCUT2D eigenvalue weighted by Crippen LogP contribution is 2.37. The molecule has 0 amide bonds. The van der Waals surface area contributed by atoms with E-state index in [4.69, 9.17) is 23.6 Å². The standard InChI is InChI=1S/C12H5Cl2F4N/c13-19(14)12-10(17)8(15)7(9(16)11(12)18)6-4-2-1-3-5-6/h1-5H. The van der Waals surface area contributed by atoms with Crippen LogP contribution in [0.1, 0.15) is 0 Å². The number of rotatable bonds is 2. The number of hydrogen-bond acceptors (Lipinski definition) is 1. The SMILES string of the molecule is Fc1c(F)c(N(Cl)Cl)c(F)c(F)c1-c1ccccc1. The lowest BCUT2D eigenvalue weighted by atomic mass is 10.0. The lowest BCUT2D eigenvalue weighted by Gasteiger charge is -2.13. The third-order valence-corrected chi connectivity index (χ3v) is 2.81. The van der Waals surface area contributed by atoms with E-state index in [-0.39, 0.29) is 9.50 Å². The Morgan fingerprint density at radius 3 is 1.63 bits per heavy atom. The fraction of sp³-hybridized carbons (Fsp3) is 0. The van der Waals surface area contributed by atoms with Gasteiger partial charge in [-0.3, -0.25) is 0 Å². The highest BCUT2D eigenvalue weighted by Gasteiger charge is 2.28. The summed E-state index contributed by atoms with van der Waals surface area (Å²) in [7, 11) is 0. The van der Waals surface area contributed by atoms with E-state index in [9.17, 15) is 17.6 Å². The van der Waals surface area contributed by atoms with Gasteiger partial charge in [0.15, 0.2) is 23.3 Å². The van der Waals surface area contributed by atoms with Crippen LogP contribution in [0.3, 0.4) is 0 Å². The van der Waals surface area contributed by atoms with Crippen LogP contribution in [0.15, 0.2) is 30.3 Å². The Kier molecular flexibility index (Phi) is 3.87. The fourth-order valence-electron chi connectivity index (χ4n) is 1.63. The van der Waals surface area contributed by atoms with E-state index in [0.717, 1.165) is 0 Å². The van der Waals surface area contributed by atoms with Crippen LogP contribution in [0.2, 0.25) is 0 Å². The summed E-state index contributed by atoms with van der Waals surface area (Å²) in [5, 5.41) is 0.